The van der Waals surface area contributed by atoms with Crippen LogP contribution < -0.4 is 15.4 Å². The number of imidazole rings is 1. The van der Waals surface area contributed by atoms with Crippen LogP contribution in [0.5, 0.6) is 5.75 Å². The lowest BCUT2D eigenvalue weighted by Gasteiger charge is -2.15. The highest BCUT2D eigenvalue weighted by Crippen LogP contribution is 2.46. The summed E-state index contributed by atoms with van der Waals surface area (Å²) in [5, 5.41) is 5.64. The van der Waals surface area contributed by atoms with Gasteiger partial charge in [0, 0.05) is 17.5 Å². The van der Waals surface area contributed by atoms with Crippen LogP contribution in [0.15, 0.2) is 48.5 Å². The average molecular weight is 406 g/mol. The normalized spacial score (nSPS) is 18.8. The van der Waals surface area contributed by atoms with E-state index in [2.05, 4.69) is 20.6 Å². The van der Waals surface area contributed by atoms with Crippen molar-refractivity contribution < 1.29 is 14.3 Å². The van der Waals surface area contributed by atoms with Crippen molar-refractivity contribution in [3.63, 3.8) is 0 Å². The molecule has 1 heterocycles. The Morgan fingerprint density at radius 3 is 2.53 bits per heavy atom. The van der Waals surface area contributed by atoms with Gasteiger partial charge in [-0.1, -0.05) is 12.1 Å². The van der Waals surface area contributed by atoms with Crippen molar-refractivity contribution in [2.75, 3.05) is 5.32 Å². The number of ether oxygens (including phenoxy) is 1. The molecule has 1 saturated carbocycles. The first-order chi connectivity index (χ1) is 14.4. The molecule has 156 valence electrons. The van der Waals surface area contributed by atoms with Gasteiger partial charge in [-0.15, -0.1) is 0 Å². The van der Waals surface area contributed by atoms with Crippen molar-refractivity contribution in [3.8, 4) is 5.75 Å². The van der Waals surface area contributed by atoms with Crippen LogP contribution in [0.1, 0.15) is 38.9 Å². The van der Waals surface area contributed by atoms with Crippen LogP contribution in [0.25, 0.3) is 11.0 Å². The lowest BCUT2D eigenvalue weighted by molar-refractivity contribution is -0.127. The molecule has 1 fully saturated rings. The van der Waals surface area contributed by atoms with Crippen LogP contribution in [0.3, 0.4) is 0 Å². The fraction of sp³-hybridized carbons (Fsp3) is 0.348. The molecule has 0 spiro atoms. The van der Waals surface area contributed by atoms with Gasteiger partial charge in [0.15, 0.2) is 0 Å². The Morgan fingerprint density at radius 2 is 1.83 bits per heavy atom. The number of carbonyl (C=O) groups is 2. The average Bonchev–Trinajstić information content (AvgIpc) is 3.40. The van der Waals surface area contributed by atoms with E-state index >= 15 is 0 Å². The first-order valence-corrected chi connectivity index (χ1v) is 10.2. The molecule has 1 aromatic heterocycles. The highest BCUT2D eigenvalue weighted by Gasteiger charge is 2.46. The molecule has 3 N–H and O–H groups in total. The second-order valence-corrected chi connectivity index (χ2v) is 8.00. The number of H-pyrrole nitrogens is 1. The van der Waals surface area contributed by atoms with E-state index in [0.29, 0.717) is 5.69 Å². The lowest BCUT2D eigenvalue weighted by atomic mass is 10.2. The zero-order valence-electron chi connectivity index (χ0n) is 17.3. The third kappa shape index (κ3) is 4.45. The zero-order valence-corrected chi connectivity index (χ0v) is 17.3. The summed E-state index contributed by atoms with van der Waals surface area (Å²) in [6.07, 6.45) is 0.823. The fourth-order valence-electron chi connectivity index (χ4n) is 3.46. The van der Waals surface area contributed by atoms with Crippen molar-refractivity contribution in [1.82, 2.24) is 15.3 Å². The first kappa shape index (κ1) is 19.9. The van der Waals surface area contributed by atoms with Crippen LogP contribution in [-0.2, 0) is 9.59 Å². The van der Waals surface area contributed by atoms with Gasteiger partial charge in [-0.3, -0.25) is 9.59 Å². The van der Waals surface area contributed by atoms with Crippen molar-refractivity contribution in [2.45, 2.75) is 45.3 Å². The number of para-hydroxylation sites is 2. The molecule has 0 bridgehead atoms. The Balaban J connectivity index is 1.29. The molecule has 7 heteroatoms. The van der Waals surface area contributed by atoms with Gasteiger partial charge in [-0.05, 0) is 63.6 Å². The van der Waals surface area contributed by atoms with Crippen LogP contribution >= 0.6 is 0 Å². The van der Waals surface area contributed by atoms with Crippen LogP contribution in [0, 0.1) is 5.92 Å². The van der Waals surface area contributed by atoms with E-state index in [1.165, 1.54) is 0 Å². The van der Waals surface area contributed by atoms with Crippen molar-refractivity contribution in [3.05, 3.63) is 54.4 Å². The largest absolute Gasteiger partial charge is 0.491 e. The second-order valence-electron chi connectivity index (χ2n) is 8.00. The number of aromatic amines is 1. The quantitative estimate of drug-likeness (QED) is 0.559. The van der Waals surface area contributed by atoms with Crippen molar-refractivity contribution >= 4 is 28.5 Å². The zero-order chi connectivity index (χ0) is 21.3. The molecule has 7 nitrogen and oxygen atoms in total. The maximum atomic E-state index is 12.6. The Hall–Kier alpha value is -3.35. The molecular formula is C23H26N4O3. The predicted octanol–water partition coefficient (Wildman–Crippen LogP) is 3.60. The molecule has 1 aliphatic carbocycles. The van der Waals surface area contributed by atoms with E-state index in [9.17, 15) is 9.59 Å². The minimum atomic E-state index is -0.638. The molecule has 4 rings (SSSR count). The summed E-state index contributed by atoms with van der Waals surface area (Å²) >= 11 is 0. The van der Waals surface area contributed by atoms with Crippen molar-refractivity contribution in [2.24, 2.45) is 5.92 Å². The van der Waals surface area contributed by atoms with Gasteiger partial charge < -0.3 is 20.4 Å². The number of hydrogen-bond acceptors (Lipinski definition) is 4. The maximum Gasteiger partial charge on any atom is 0.246 e. The SMILES string of the molecule is CC(C)Oc1ccc(NC(=O)[C@@H](C)NC(=O)C2CC2c2nc3ccccc3[nH]2)cc1. The molecule has 0 radical (unpaired) electrons. The lowest BCUT2D eigenvalue weighted by Crippen LogP contribution is -2.42. The van der Waals surface area contributed by atoms with Gasteiger partial charge in [-0.2, -0.15) is 0 Å². The third-order valence-corrected chi connectivity index (χ3v) is 5.13. The van der Waals surface area contributed by atoms with Gasteiger partial charge in [0.05, 0.1) is 17.1 Å². The summed E-state index contributed by atoms with van der Waals surface area (Å²) < 4.78 is 5.60. The standard InChI is InChI=1S/C23H26N4O3/c1-13(2)30-16-10-8-15(9-11-16)25-22(28)14(3)24-23(29)18-12-17(18)21-26-19-6-4-5-7-20(19)27-21/h4-11,13-14,17-18H,12H2,1-3H3,(H,24,29)(H,25,28)(H,26,27)/t14-,17?,18?/m1/s1. The van der Waals surface area contributed by atoms with E-state index in [4.69, 9.17) is 4.74 Å². The fourth-order valence-corrected chi connectivity index (χ4v) is 3.46. The molecule has 2 unspecified atom stereocenters. The van der Waals surface area contributed by atoms with Crippen LogP contribution in [0.2, 0.25) is 0 Å². The van der Waals surface area contributed by atoms with Gasteiger partial charge in [0.1, 0.15) is 17.6 Å². The summed E-state index contributed by atoms with van der Waals surface area (Å²) in [4.78, 5) is 32.9. The highest BCUT2D eigenvalue weighted by molar-refractivity contribution is 5.97. The minimum absolute atomic E-state index is 0.0705. The molecule has 3 aromatic rings. The molecular weight excluding hydrogens is 380 g/mol. The van der Waals surface area contributed by atoms with E-state index in [-0.39, 0.29) is 29.8 Å². The number of rotatable bonds is 7. The third-order valence-electron chi connectivity index (χ3n) is 5.13. The Labute approximate surface area is 175 Å². The molecule has 3 atom stereocenters. The summed E-state index contributed by atoms with van der Waals surface area (Å²) in [5.74, 6) is 1.10. The molecule has 0 aliphatic heterocycles. The Morgan fingerprint density at radius 1 is 1.10 bits per heavy atom. The second kappa shape index (κ2) is 8.18. The van der Waals surface area contributed by atoms with Gasteiger partial charge in [0.25, 0.3) is 0 Å². The molecule has 0 saturated heterocycles. The van der Waals surface area contributed by atoms with Crippen molar-refractivity contribution in [1.29, 1.82) is 0 Å². The summed E-state index contributed by atoms with van der Waals surface area (Å²) in [5.41, 5.74) is 2.52. The number of benzene rings is 2. The molecule has 2 aromatic carbocycles. The number of aromatic nitrogens is 2. The van der Waals surface area contributed by atoms with Crippen LogP contribution in [-0.4, -0.2) is 33.9 Å². The summed E-state index contributed by atoms with van der Waals surface area (Å²) in [6, 6.07) is 14.3. The molecule has 2 amide bonds. The van der Waals surface area contributed by atoms with E-state index in [0.717, 1.165) is 29.0 Å². The molecule has 1 aliphatic rings. The highest BCUT2D eigenvalue weighted by atomic mass is 16.5. The number of amides is 2. The number of fused-ring (bicyclic) bond motifs is 1. The van der Waals surface area contributed by atoms with E-state index < -0.39 is 6.04 Å². The van der Waals surface area contributed by atoms with Gasteiger partial charge >= 0.3 is 0 Å². The summed E-state index contributed by atoms with van der Waals surface area (Å²) in [6.45, 7) is 5.60. The van der Waals surface area contributed by atoms with E-state index in [1.54, 1.807) is 31.2 Å². The van der Waals surface area contributed by atoms with Gasteiger partial charge in [-0.25, -0.2) is 4.98 Å². The smallest absolute Gasteiger partial charge is 0.246 e. The number of nitrogens with zero attached hydrogens (tertiary/aromatic N) is 1. The summed E-state index contributed by atoms with van der Waals surface area (Å²) in [7, 11) is 0. The monoisotopic (exact) mass is 406 g/mol. The number of hydrogen-bond donors (Lipinski definition) is 3. The molecule has 30 heavy (non-hydrogen) atoms. The van der Waals surface area contributed by atoms with E-state index in [1.807, 2.05) is 38.1 Å². The Bertz CT molecular complexity index is 1020. The first-order valence-electron chi connectivity index (χ1n) is 10.2. The van der Waals surface area contributed by atoms with Gasteiger partial charge in [0.2, 0.25) is 11.8 Å². The Kier molecular flexibility index (Phi) is 5.44. The minimum Gasteiger partial charge on any atom is -0.491 e. The number of nitrogens with one attached hydrogen (secondary N) is 3. The van der Waals surface area contributed by atoms with Crippen LogP contribution in [0.4, 0.5) is 5.69 Å². The number of anilines is 1. The maximum absolute atomic E-state index is 12.6. The predicted molar refractivity (Wildman–Crippen MR) is 115 cm³/mol. The topological polar surface area (TPSA) is 96.1 Å². The number of carbonyl (C=O) groups excluding carboxylic acids is 2.